The molecule has 1 saturated heterocycles. The molecule has 0 saturated carbocycles. The Labute approximate surface area is 86.4 Å². The molecule has 1 heterocycles. The Kier molecular flexibility index (Phi) is 4.84. The Morgan fingerprint density at radius 3 is 2.69 bits per heavy atom. The molecule has 1 aliphatic heterocycles. The lowest BCUT2D eigenvalue weighted by Crippen LogP contribution is -2.37. The monoisotopic (exact) mass is 201 g/mol. The minimum Gasteiger partial charge on any atom is -0.381 e. The van der Waals surface area contributed by atoms with Gasteiger partial charge in [0.1, 0.15) is 0 Å². The van der Waals surface area contributed by atoms with Gasteiger partial charge < -0.3 is 4.74 Å². The van der Waals surface area contributed by atoms with Crippen LogP contribution in [0.25, 0.3) is 0 Å². The summed E-state index contributed by atoms with van der Waals surface area (Å²) in [6.45, 7) is 6.74. The van der Waals surface area contributed by atoms with Crippen LogP contribution in [-0.2, 0) is 4.74 Å². The standard InChI is InChI=1S/C10H19NOS/c1-9(8-13)7-11(2)10-3-5-12-6-4-10/h10,13H,1,3-8H2,2H3. The molecule has 1 fully saturated rings. The van der Waals surface area contributed by atoms with E-state index in [2.05, 4.69) is 31.2 Å². The van der Waals surface area contributed by atoms with Crippen LogP contribution in [0.5, 0.6) is 0 Å². The fraction of sp³-hybridized carbons (Fsp3) is 0.800. The molecule has 0 unspecified atom stereocenters. The molecule has 0 amide bonds. The highest BCUT2D eigenvalue weighted by Gasteiger charge is 2.18. The SMILES string of the molecule is C=C(CS)CN(C)C1CCOCC1. The van der Waals surface area contributed by atoms with Crippen molar-refractivity contribution in [1.29, 1.82) is 0 Å². The Hall–Kier alpha value is 0.01000. The van der Waals surface area contributed by atoms with Crippen molar-refractivity contribution < 1.29 is 4.74 Å². The smallest absolute Gasteiger partial charge is 0.0480 e. The average molecular weight is 201 g/mol. The summed E-state index contributed by atoms with van der Waals surface area (Å²) in [6.07, 6.45) is 2.30. The third-order valence-corrected chi connectivity index (χ3v) is 2.96. The Morgan fingerprint density at radius 1 is 1.54 bits per heavy atom. The largest absolute Gasteiger partial charge is 0.381 e. The fourth-order valence-electron chi connectivity index (χ4n) is 1.66. The van der Waals surface area contributed by atoms with Crippen molar-refractivity contribution >= 4 is 12.6 Å². The third kappa shape index (κ3) is 3.71. The Bertz CT molecular complexity index is 166. The molecule has 13 heavy (non-hydrogen) atoms. The maximum Gasteiger partial charge on any atom is 0.0480 e. The summed E-state index contributed by atoms with van der Waals surface area (Å²) in [5.74, 6) is 0.785. The summed E-state index contributed by atoms with van der Waals surface area (Å²) in [6, 6.07) is 0.672. The third-order valence-electron chi connectivity index (χ3n) is 2.51. The zero-order valence-corrected chi connectivity index (χ0v) is 9.22. The van der Waals surface area contributed by atoms with Crippen molar-refractivity contribution in [3.05, 3.63) is 12.2 Å². The summed E-state index contributed by atoms with van der Waals surface area (Å²) in [5.41, 5.74) is 1.19. The van der Waals surface area contributed by atoms with E-state index in [-0.39, 0.29) is 0 Å². The first-order valence-corrected chi connectivity index (χ1v) is 5.42. The summed E-state index contributed by atoms with van der Waals surface area (Å²) >= 11 is 4.20. The van der Waals surface area contributed by atoms with E-state index in [4.69, 9.17) is 4.74 Å². The van der Waals surface area contributed by atoms with Gasteiger partial charge in [-0.2, -0.15) is 12.6 Å². The second-order valence-corrected chi connectivity index (χ2v) is 3.98. The van der Waals surface area contributed by atoms with Crippen LogP contribution in [0, 0.1) is 0 Å². The van der Waals surface area contributed by atoms with Crippen LogP contribution < -0.4 is 0 Å². The lowest BCUT2D eigenvalue weighted by atomic mass is 10.1. The summed E-state index contributed by atoms with van der Waals surface area (Å²) in [7, 11) is 2.16. The molecule has 0 aromatic carbocycles. The topological polar surface area (TPSA) is 12.5 Å². The molecule has 76 valence electrons. The van der Waals surface area contributed by atoms with E-state index in [1.165, 1.54) is 5.57 Å². The van der Waals surface area contributed by atoms with Crippen molar-refractivity contribution in [2.45, 2.75) is 18.9 Å². The minimum atomic E-state index is 0.672. The molecule has 0 aromatic heterocycles. The van der Waals surface area contributed by atoms with Gasteiger partial charge in [-0.25, -0.2) is 0 Å². The molecule has 0 N–H and O–H groups in total. The van der Waals surface area contributed by atoms with Crippen LogP contribution in [0.2, 0.25) is 0 Å². The molecule has 0 aliphatic carbocycles. The van der Waals surface area contributed by atoms with E-state index in [1.54, 1.807) is 0 Å². The Balaban J connectivity index is 2.28. The van der Waals surface area contributed by atoms with E-state index in [1.807, 2.05) is 0 Å². The highest BCUT2D eigenvalue weighted by molar-refractivity contribution is 7.80. The van der Waals surface area contributed by atoms with Crippen molar-refractivity contribution in [2.75, 3.05) is 32.6 Å². The van der Waals surface area contributed by atoms with E-state index >= 15 is 0 Å². The number of nitrogens with zero attached hydrogens (tertiary/aromatic N) is 1. The van der Waals surface area contributed by atoms with E-state index in [9.17, 15) is 0 Å². The highest BCUT2D eigenvalue weighted by Crippen LogP contribution is 2.13. The molecule has 0 aromatic rings. The molecule has 1 rings (SSSR count). The van der Waals surface area contributed by atoms with E-state index in [0.29, 0.717) is 6.04 Å². The second kappa shape index (κ2) is 5.68. The number of likely N-dealkylation sites (N-methyl/N-ethyl adjacent to an activating group) is 1. The first kappa shape index (κ1) is 11.1. The number of ether oxygens (including phenoxy) is 1. The van der Waals surface area contributed by atoms with Gasteiger partial charge in [-0.05, 0) is 19.9 Å². The molecule has 3 heteroatoms. The van der Waals surface area contributed by atoms with Gasteiger partial charge in [-0.15, -0.1) is 0 Å². The predicted octanol–water partition coefficient (Wildman–Crippen LogP) is 1.58. The van der Waals surface area contributed by atoms with Crippen molar-refractivity contribution in [3.63, 3.8) is 0 Å². The van der Waals surface area contributed by atoms with Crippen LogP contribution >= 0.6 is 12.6 Å². The molecular weight excluding hydrogens is 182 g/mol. The van der Waals surface area contributed by atoms with Gasteiger partial charge in [0, 0.05) is 31.6 Å². The van der Waals surface area contributed by atoms with Crippen LogP contribution in [0.15, 0.2) is 12.2 Å². The molecule has 1 aliphatic rings. The van der Waals surface area contributed by atoms with Gasteiger partial charge in [0.15, 0.2) is 0 Å². The van der Waals surface area contributed by atoms with Gasteiger partial charge in [-0.1, -0.05) is 12.2 Å². The summed E-state index contributed by atoms with van der Waals surface area (Å²) in [4.78, 5) is 2.36. The van der Waals surface area contributed by atoms with Gasteiger partial charge in [0.25, 0.3) is 0 Å². The van der Waals surface area contributed by atoms with Crippen LogP contribution in [-0.4, -0.2) is 43.5 Å². The maximum absolute atomic E-state index is 5.32. The van der Waals surface area contributed by atoms with Crippen molar-refractivity contribution in [2.24, 2.45) is 0 Å². The molecule has 0 atom stereocenters. The summed E-state index contributed by atoms with van der Waals surface area (Å²) < 4.78 is 5.32. The van der Waals surface area contributed by atoms with Crippen LogP contribution in [0.1, 0.15) is 12.8 Å². The van der Waals surface area contributed by atoms with E-state index < -0.39 is 0 Å². The number of hydrogen-bond acceptors (Lipinski definition) is 3. The van der Waals surface area contributed by atoms with Gasteiger partial charge >= 0.3 is 0 Å². The first-order valence-electron chi connectivity index (χ1n) is 4.79. The van der Waals surface area contributed by atoms with Crippen molar-refractivity contribution in [1.82, 2.24) is 4.90 Å². The molecule has 2 nitrogen and oxygen atoms in total. The van der Waals surface area contributed by atoms with Gasteiger partial charge in [-0.3, -0.25) is 4.90 Å². The minimum absolute atomic E-state index is 0.672. The first-order chi connectivity index (χ1) is 6.24. The molecule has 0 radical (unpaired) electrons. The average Bonchev–Trinajstić information content (AvgIpc) is 2.19. The fourth-order valence-corrected chi connectivity index (χ4v) is 1.76. The normalized spacial score (nSPS) is 19.3. The lowest BCUT2D eigenvalue weighted by molar-refractivity contribution is 0.0459. The number of hydrogen-bond donors (Lipinski definition) is 1. The number of thiol groups is 1. The quantitative estimate of drug-likeness (QED) is 0.548. The predicted molar refractivity (Wildman–Crippen MR) is 59.5 cm³/mol. The maximum atomic E-state index is 5.32. The molecular formula is C10H19NOS. The lowest BCUT2D eigenvalue weighted by Gasteiger charge is -2.31. The van der Waals surface area contributed by atoms with Crippen LogP contribution in [0.4, 0.5) is 0 Å². The zero-order chi connectivity index (χ0) is 9.68. The van der Waals surface area contributed by atoms with Gasteiger partial charge in [0.2, 0.25) is 0 Å². The van der Waals surface area contributed by atoms with Gasteiger partial charge in [0.05, 0.1) is 0 Å². The zero-order valence-electron chi connectivity index (χ0n) is 8.33. The number of rotatable bonds is 4. The Morgan fingerprint density at radius 2 is 2.15 bits per heavy atom. The van der Waals surface area contributed by atoms with E-state index in [0.717, 1.165) is 38.4 Å². The summed E-state index contributed by atoms with van der Waals surface area (Å²) in [5, 5.41) is 0. The van der Waals surface area contributed by atoms with Crippen molar-refractivity contribution in [3.8, 4) is 0 Å². The van der Waals surface area contributed by atoms with Crippen LogP contribution in [0.3, 0.4) is 0 Å². The molecule has 0 bridgehead atoms. The molecule has 0 spiro atoms. The second-order valence-electron chi connectivity index (χ2n) is 3.67. The highest BCUT2D eigenvalue weighted by atomic mass is 32.1.